The summed E-state index contributed by atoms with van der Waals surface area (Å²) in [6.45, 7) is 6.63. The van der Waals surface area contributed by atoms with E-state index in [1.807, 2.05) is 6.07 Å². The van der Waals surface area contributed by atoms with Crippen molar-refractivity contribution in [1.29, 1.82) is 0 Å². The Labute approximate surface area is 219 Å². The predicted octanol–water partition coefficient (Wildman–Crippen LogP) is 5.30. The van der Waals surface area contributed by atoms with Crippen molar-refractivity contribution in [2.24, 2.45) is 0 Å². The lowest BCUT2D eigenvalue weighted by Crippen LogP contribution is -2.44. The molecule has 0 bridgehead atoms. The van der Waals surface area contributed by atoms with E-state index < -0.39 is 18.1 Å². The number of benzene rings is 1. The van der Waals surface area contributed by atoms with Crippen LogP contribution in [0.15, 0.2) is 30.6 Å². The summed E-state index contributed by atoms with van der Waals surface area (Å²) in [5.74, 6) is -0.0863. The van der Waals surface area contributed by atoms with E-state index in [1.165, 1.54) is 29.4 Å². The molecule has 1 aromatic heterocycles. The second-order valence-electron chi connectivity index (χ2n) is 10.5. The van der Waals surface area contributed by atoms with E-state index in [4.69, 9.17) is 4.74 Å². The number of halogens is 3. The van der Waals surface area contributed by atoms with Gasteiger partial charge in [-0.15, -0.1) is 13.2 Å². The van der Waals surface area contributed by atoms with Crippen LogP contribution in [0.5, 0.6) is 5.75 Å². The smallest absolute Gasteiger partial charge is 0.444 e. The normalized spacial score (nSPS) is 16.6. The van der Waals surface area contributed by atoms with Gasteiger partial charge in [-0.2, -0.15) is 0 Å². The number of alkyl halides is 3. The molecule has 4 rings (SSSR count). The number of hydrogen-bond acceptors (Lipinski definition) is 7. The first kappa shape index (κ1) is 27.5. The molecule has 0 radical (unpaired) electrons. The number of carbonyl (C=O) groups excluding carboxylic acids is 2. The minimum Gasteiger partial charge on any atom is -0.444 e. The Morgan fingerprint density at radius 1 is 1.03 bits per heavy atom. The van der Waals surface area contributed by atoms with E-state index in [0.29, 0.717) is 18.7 Å². The van der Waals surface area contributed by atoms with E-state index in [-0.39, 0.29) is 42.3 Å². The van der Waals surface area contributed by atoms with Gasteiger partial charge in [0.1, 0.15) is 11.4 Å². The summed E-state index contributed by atoms with van der Waals surface area (Å²) in [5, 5.41) is 2.98. The number of rotatable bonds is 6. The maximum absolute atomic E-state index is 13.1. The molecule has 2 aromatic rings. The van der Waals surface area contributed by atoms with Gasteiger partial charge in [0, 0.05) is 32.0 Å². The fraction of sp³-hybridized carbons (Fsp3) is 0.538. The van der Waals surface area contributed by atoms with Gasteiger partial charge in [0.2, 0.25) is 5.95 Å². The van der Waals surface area contributed by atoms with E-state index in [2.05, 4.69) is 20.0 Å². The minimum atomic E-state index is -4.77. The molecule has 0 spiro atoms. The van der Waals surface area contributed by atoms with E-state index in [1.54, 1.807) is 25.7 Å². The van der Waals surface area contributed by atoms with Crippen LogP contribution in [0.3, 0.4) is 0 Å². The third-order valence-electron chi connectivity index (χ3n) is 6.01. The van der Waals surface area contributed by atoms with E-state index in [0.717, 1.165) is 31.2 Å². The molecular formula is C26H32F3N5O4. The lowest BCUT2D eigenvalue weighted by Gasteiger charge is -2.29. The van der Waals surface area contributed by atoms with Crippen LogP contribution in [-0.2, 0) is 11.3 Å². The third-order valence-corrected chi connectivity index (χ3v) is 6.01. The van der Waals surface area contributed by atoms with Crippen LogP contribution in [0, 0.1) is 0 Å². The van der Waals surface area contributed by atoms with E-state index in [9.17, 15) is 22.8 Å². The SMILES string of the molecule is CC(C)(C)OC(=O)N1CCCCN(C(=O)c2cnc(NCc3cc(OC(F)(F)F)cc(C4CC4)c3)nc2)C1. The van der Waals surface area contributed by atoms with Crippen molar-refractivity contribution in [3.05, 3.63) is 47.3 Å². The minimum absolute atomic E-state index is 0.105. The van der Waals surface area contributed by atoms with Crippen molar-refractivity contribution in [2.45, 2.75) is 70.9 Å². The average molecular weight is 536 g/mol. The van der Waals surface area contributed by atoms with Gasteiger partial charge < -0.3 is 19.7 Å². The fourth-order valence-corrected chi connectivity index (χ4v) is 4.12. The zero-order valence-corrected chi connectivity index (χ0v) is 21.7. The zero-order valence-electron chi connectivity index (χ0n) is 21.7. The standard InChI is InChI=1S/C26H32F3N5O4/c1-25(2,3)38-24(36)34-9-5-4-8-33(16-34)22(35)20-14-31-23(32-15-20)30-13-17-10-19(18-6-7-18)12-21(11-17)37-26(27,28)29/h10-12,14-15,18H,4-9,13,16H2,1-3H3,(H,30,31,32). The van der Waals surface area contributed by atoms with Gasteiger partial charge in [-0.25, -0.2) is 14.8 Å². The highest BCUT2D eigenvalue weighted by Gasteiger charge is 2.32. The first-order chi connectivity index (χ1) is 17.9. The number of amides is 2. The Bertz CT molecular complexity index is 1150. The Morgan fingerprint density at radius 2 is 1.68 bits per heavy atom. The van der Waals surface area contributed by atoms with Gasteiger partial charge in [0.15, 0.2) is 0 Å². The summed E-state index contributed by atoms with van der Waals surface area (Å²) in [6, 6.07) is 4.61. The molecule has 1 aliphatic heterocycles. The topological polar surface area (TPSA) is 96.9 Å². The summed E-state index contributed by atoms with van der Waals surface area (Å²) in [5.41, 5.74) is 1.03. The summed E-state index contributed by atoms with van der Waals surface area (Å²) >= 11 is 0. The lowest BCUT2D eigenvalue weighted by atomic mass is 10.1. The molecule has 38 heavy (non-hydrogen) atoms. The van der Waals surface area contributed by atoms with Crippen molar-refractivity contribution < 1.29 is 32.2 Å². The molecule has 1 saturated heterocycles. The number of hydrogen-bond donors (Lipinski definition) is 1. The van der Waals surface area contributed by atoms with Crippen LogP contribution >= 0.6 is 0 Å². The van der Waals surface area contributed by atoms with E-state index >= 15 is 0 Å². The monoisotopic (exact) mass is 535 g/mol. The molecule has 1 N–H and O–H groups in total. The van der Waals surface area contributed by atoms with Crippen molar-refractivity contribution in [2.75, 3.05) is 25.1 Å². The van der Waals surface area contributed by atoms with Crippen molar-refractivity contribution in [3.63, 3.8) is 0 Å². The van der Waals surface area contributed by atoms with Gasteiger partial charge in [-0.3, -0.25) is 9.69 Å². The third kappa shape index (κ3) is 7.96. The second-order valence-corrected chi connectivity index (χ2v) is 10.5. The Hall–Kier alpha value is -3.57. The molecule has 12 heteroatoms. The summed E-state index contributed by atoms with van der Waals surface area (Å²) in [7, 11) is 0. The van der Waals surface area contributed by atoms with Gasteiger partial charge in [-0.1, -0.05) is 6.07 Å². The highest BCUT2D eigenvalue weighted by Crippen LogP contribution is 2.42. The van der Waals surface area contributed by atoms with Crippen molar-refractivity contribution >= 4 is 17.9 Å². The van der Waals surface area contributed by atoms with Crippen LogP contribution in [0.2, 0.25) is 0 Å². The molecule has 2 fully saturated rings. The predicted molar refractivity (Wildman–Crippen MR) is 133 cm³/mol. The molecule has 2 heterocycles. The summed E-state index contributed by atoms with van der Waals surface area (Å²) in [6.07, 6.45) is 0.906. The van der Waals surface area contributed by atoms with Crippen LogP contribution in [0.1, 0.15) is 73.9 Å². The molecular weight excluding hydrogens is 503 g/mol. The van der Waals surface area contributed by atoms with Gasteiger partial charge in [0.25, 0.3) is 5.91 Å². The quantitative estimate of drug-likeness (QED) is 0.537. The molecule has 2 amide bonds. The molecule has 1 aromatic carbocycles. The molecule has 206 valence electrons. The maximum Gasteiger partial charge on any atom is 0.573 e. The largest absolute Gasteiger partial charge is 0.573 e. The number of ether oxygens (including phenoxy) is 2. The fourth-order valence-electron chi connectivity index (χ4n) is 4.12. The Kier molecular flexibility index (Phi) is 7.98. The Morgan fingerprint density at radius 3 is 2.29 bits per heavy atom. The second kappa shape index (κ2) is 11.0. The van der Waals surface area contributed by atoms with Gasteiger partial charge in [-0.05, 0) is 75.6 Å². The number of aromatic nitrogens is 2. The number of nitrogens with one attached hydrogen (secondary N) is 1. The Balaban J connectivity index is 1.38. The summed E-state index contributed by atoms with van der Waals surface area (Å²) < 4.78 is 47.8. The maximum atomic E-state index is 13.1. The van der Waals surface area contributed by atoms with Crippen LogP contribution in [0.25, 0.3) is 0 Å². The molecule has 2 aliphatic rings. The zero-order chi connectivity index (χ0) is 27.5. The van der Waals surface area contributed by atoms with Crippen LogP contribution < -0.4 is 10.1 Å². The molecule has 9 nitrogen and oxygen atoms in total. The van der Waals surface area contributed by atoms with Crippen molar-refractivity contribution in [1.82, 2.24) is 19.8 Å². The van der Waals surface area contributed by atoms with Crippen LogP contribution in [-0.4, -0.2) is 63.5 Å². The number of carbonyl (C=O) groups is 2. The highest BCUT2D eigenvalue weighted by atomic mass is 19.4. The molecule has 0 atom stereocenters. The highest BCUT2D eigenvalue weighted by molar-refractivity contribution is 5.93. The lowest BCUT2D eigenvalue weighted by molar-refractivity contribution is -0.274. The van der Waals surface area contributed by atoms with Gasteiger partial charge >= 0.3 is 12.5 Å². The van der Waals surface area contributed by atoms with Crippen LogP contribution in [0.4, 0.5) is 23.9 Å². The summed E-state index contributed by atoms with van der Waals surface area (Å²) in [4.78, 5) is 37.1. The number of anilines is 1. The molecule has 1 saturated carbocycles. The molecule has 1 aliphatic carbocycles. The number of nitrogens with zero attached hydrogens (tertiary/aromatic N) is 4. The molecule has 0 unspecified atom stereocenters. The van der Waals surface area contributed by atoms with Crippen molar-refractivity contribution in [3.8, 4) is 5.75 Å². The average Bonchev–Trinajstić information content (AvgIpc) is 3.67. The van der Waals surface area contributed by atoms with Gasteiger partial charge in [0.05, 0.1) is 12.2 Å². The first-order valence-electron chi connectivity index (χ1n) is 12.6. The first-order valence-corrected chi connectivity index (χ1v) is 12.6.